The lowest BCUT2D eigenvalue weighted by atomic mass is 9.88. The maximum Gasteiger partial charge on any atom is 0.430 e. The van der Waals surface area contributed by atoms with E-state index in [2.05, 4.69) is 10.1 Å². The molecule has 6 nitrogen and oxygen atoms in total. The van der Waals surface area contributed by atoms with Crippen LogP contribution in [0.15, 0.2) is 102 Å². The minimum atomic E-state index is -6.22. The second-order valence-corrected chi connectivity index (χ2v) is 13.9. The van der Waals surface area contributed by atoms with Gasteiger partial charge in [0.1, 0.15) is 22.2 Å². The highest BCUT2D eigenvalue weighted by atomic mass is 32.2. The van der Waals surface area contributed by atoms with Gasteiger partial charge in [-0.3, -0.25) is 10.2 Å². The summed E-state index contributed by atoms with van der Waals surface area (Å²) in [5.74, 6) is -3.63. The summed E-state index contributed by atoms with van der Waals surface area (Å²) < 4.78 is 160. The molecule has 0 spiro atoms. The number of likely N-dealkylation sites (tertiary alicyclic amines) is 1. The van der Waals surface area contributed by atoms with Crippen molar-refractivity contribution in [2.45, 2.75) is 53.5 Å². The van der Waals surface area contributed by atoms with E-state index in [1.807, 2.05) is 0 Å². The fraction of sp³-hybridized carbons (Fsp3) is 0.294. The number of rotatable bonds is 11. The number of nitrogens with one attached hydrogen (secondary N) is 1. The van der Waals surface area contributed by atoms with E-state index >= 15 is 0 Å². The van der Waals surface area contributed by atoms with Gasteiger partial charge in [-0.15, -0.1) is 0 Å². The van der Waals surface area contributed by atoms with Gasteiger partial charge < -0.3 is 9.84 Å². The minimum absolute atomic E-state index is 0.0858. The lowest BCUT2D eigenvalue weighted by Gasteiger charge is -2.38. The molecule has 4 aromatic carbocycles. The molecule has 0 bridgehead atoms. The van der Waals surface area contributed by atoms with Crippen molar-refractivity contribution >= 4 is 9.84 Å². The molecule has 1 fully saturated rings. The SMILES string of the molecule is O=S(=O)(c1ccc(F)cc1)C1(c2ccc(C(OCc3c(F)cccc3F)(C(F)(F)F)C(F)(F)F)cc2)CCN(C(O)NCc2ccccc2)C1. The predicted molar refractivity (Wildman–Crippen MR) is 162 cm³/mol. The van der Waals surface area contributed by atoms with Crippen LogP contribution in [0.4, 0.5) is 39.5 Å². The molecule has 1 aliphatic rings. The molecular formula is C34H29F9N2O4S. The standard InChI is InChI=1S/C34H29F9N2O4S/c35-25-13-15-26(16-14-25)50(47,48)31(17-18-45(21-31)30(46)44-19-22-5-2-1-3-6-22)23-9-11-24(12-10-23)32(33(38,39)40,34(41,42)43)49-20-27-28(36)7-4-8-29(27)37/h1-16,30,44,46H,17-21H2. The van der Waals surface area contributed by atoms with E-state index in [0.717, 1.165) is 48.0 Å². The summed E-state index contributed by atoms with van der Waals surface area (Å²) in [5, 5.41) is 13.8. The third-order valence-corrected chi connectivity index (χ3v) is 11.2. The molecule has 50 heavy (non-hydrogen) atoms. The zero-order valence-corrected chi connectivity index (χ0v) is 26.6. The number of benzene rings is 4. The van der Waals surface area contributed by atoms with Gasteiger partial charge in [-0.2, -0.15) is 26.3 Å². The number of alkyl halides is 6. The summed E-state index contributed by atoms with van der Waals surface area (Å²) in [6.45, 7) is -2.15. The van der Waals surface area contributed by atoms with Crippen LogP contribution in [0.25, 0.3) is 0 Å². The van der Waals surface area contributed by atoms with E-state index in [9.17, 15) is 53.0 Å². The molecule has 2 atom stereocenters. The number of hydrogen-bond donors (Lipinski definition) is 2. The van der Waals surface area contributed by atoms with Crippen LogP contribution in [0.2, 0.25) is 0 Å². The summed E-state index contributed by atoms with van der Waals surface area (Å²) in [5.41, 5.74) is -7.25. The second kappa shape index (κ2) is 14.0. The van der Waals surface area contributed by atoms with Gasteiger partial charge in [0.05, 0.1) is 11.5 Å². The number of ether oxygens (including phenoxy) is 1. The molecule has 0 saturated carbocycles. The van der Waals surface area contributed by atoms with Crippen molar-refractivity contribution in [3.8, 4) is 0 Å². The van der Waals surface area contributed by atoms with Crippen LogP contribution in [0, 0.1) is 17.5 Å². The number of aliphatic hydroxyl groups excluding tert-OH is 1. The van der Waals surface area contributed by atoms with Gasteiger partial charge >= 0.3 is 12.4 Å². The Bertz CT molecular complexity index is 1860. The van der Waals surface area contributed by atoms with Crippen LogP contribution in [0.1, 0.15) is 28.7 Å². The van der Waals surface area contributed by atoms with Crippen LogP contribution >= 0.6 is 0 Å². The second-order valence-electron chi connectivity index (χ2n) is 11.7. The average Bonchev–Trinajstić information content (AvgIpc) is 3.52. The average molecular weight is 733 g/mol. The van der Waals surface area contributed by atoms with Gasteiger partial charge in [0.25, 0.3) is 5.60 Å². The van der Waals surface area contributed by atoms with Crippen molar-refractivity contribution in [1.82, 2.24) is 10.2 Å². The summed E-state index contributed by atoms with van der Waals surface area (Å²) in [7, 11) is -4.57. The van der Waals surface area contributed by atoms with Crippen molar-refractivity contribution in [2.75, 3.05) is 13.1 Å². The highest BCUT2D eigenvalue weighted by molar-refractivity contribution is 7.92. The Morgan fingerprint density at radius 1 is 0.800 bits per heavy atom. The highest BCUT2D eigenvalue weighted by Gasteiger charge is 2.73. The third kappa shape index (κ3) is 6.86. The Balaban J connectivity index is 1.56. The van der Waals surface area contributed by atoms with Gasteiger partial charge in [-0.25, -0.2) is 21.6 Å². The van der Waals surface area contributed by atoms with Crippen molar-refractivity contribution in [1.29, 1.82) is 0 Å². The molecule has 5 rings (SSSR count). The van der Waals surface area contributed by atoms with Gasteiger partial charge in [-0.05, 0) is 53.9 Å². The van der Waals surface area contributed by atoms with Crippen molar-refractivity contribution < 1.29 is 57.8 Å². The molecule has 268 valence electrons. The van der Waals surface area contributed by atoms with Gasteiger partial charge in [0, 0.05) is 30.8 Å². The quantitative estimate of drug-likeness (QED) is 0.0976. The molecule has 1 aliphatic heterocycles. The Morgan fingerprint density at radius 3 is 1.94 bits per heavy atom. The number of sulfone groups is 1. The Labute approximate surface area is 281 Å². The molecule has 2 N–H and O–H groups in total. The first-order valence-electron chi connectivity index (χ1n) is 14.9. The zero-order valence-electron chi connectivity index (χ0n) is 25.8. The predicted octanol–water partition coefficient (Wildman–Crippen LogP) is 7.08. The Morgan fingerprint density at radius 2 is 1.38 bits per heavy atom. The van der Waals surface area contributed by atoms with E-state index in [0.29, 0.717) is 24.3 Å². The maximum atomic E-state index is 14.5. The Kier molecular flexibility index (Phi) is 10.4. The summed E-state index contributed by atoms with van der Waals surface area (Å²) in [4.78, 5) is 0.950. The lowest BCUT2D eigenvalue weighted by Crippen LogP contribution is -2.56. The van der Waals surface area contributed by atoms with Crippen LogP contribution in [-0.2, 0) is 38.1 Å². The van der Waals surface area contributed by atoms with Crippen LogP contribution < -0.4 is 5.32 Å². The molecule has 1 saturated heterocycles. The lowest BCUT2D eigenvalue weighted by molar-refractivity contribution is -0.392. The smallest absolute Gasteiger partial charge is 0.365 e. The largest absolute Gasteiger partial charge is 0.430 e. The molecule has 16 heteroatoms. The Hall–Kier alpha value is -3.96. The first-order valence-corrected chi connectivity index (χ1v) is 16.4. The van der Waals surface area contributed by atoms with Crippen LogP contribution in [-0.4, -0.2) is 50.2 Å². The highest BCUT2D eigenvalue weighted by Crippen LogP contribution is 2.54. The van der Waals surface area contributed by atoms with E-state index in [-0.39, 0.29) is 30.0 Å². The molecular weight excluding hydrogens is 703 g/mol. The van der Waals surface area contributed by atoms with E-state index in [1.165, 1.54) is 4.90 Å². The monoisotopic (exact) mass is 732 g/mol. The number of hydrogen-bond acceptors (Lipinski definition) is 6. The summed E-state index contributed by atoms with van der Waals surface area (Å²) in [6.07, 6.45) is -14.1. The molecule has 0 aromatic heterocycles. The van der Waals surface area contributed by atoms with Crippen LogP contribution in [0.3, 0.4) is 0 Å². The van der Waals surface area contributed by atoms with Gasteiger partial charge in [0.15, 0.2) is 16.2 Å². The maximum absolute atomic E-state index is 14.5. The molecule has 0 radical (unpaired) electrons. The minimum Gasteiger partial charge on any atom is -0.365 e. The molecule has 0 aliphatic carbocycles. The van der Waals surface area contributed by atoms with Crippen molar-refractivity contribution in [3.05, 3.63) is 137 Å². The van der Waals surface area contributed by atoms with Crippen LogP contribution in [0.5, 0.6) is 0 Å². The van der Waals surface area contributed by atoms with E-state index in [4.69, 9.17) is 0 Å². The number of halogens is 9. The zero-order chi connectivity index (χ0) is 36.5. The number of aliphatic hydroxyl groups is 1. The molecule has 4 aromatic rings. The van der Waals surface area contributed by atoms with E-state index in [1.54, 1.807) is 30.3 Å². The summed E-state index contributed by atoms with van der Waals surface area (Å²) >= 11 is 0. The van der Waals surface area contributed by atoms with Gasteiger partial charge in [-0.1, -0.05) is 60.7 Å². The van der Waals surface area contributed by atoms with Crippen molar-refractivity contribution in [2.24, 2.45) is 0 Å². The summed E-state index contributed by atoms with van der Waals surface area (Å²) in [6, 6.07) is 17.0. The first-order chi connectivity index (χ1) is 23.4. The van der Waals surface area contributed by atoms with Crippen molar-refractivity contribution in [3.63, 3.8) is 0 Å². The van der Waals surface area contributed by atoms with E-state index < -0.39 is 80.6 Å². The molecule has 2 unspecified atom stereocenters. The molecule has 0 amide bonds. The van der Waals surface area contributed by atoms with Gasteiger partial charge in [0.2, 0.25) is 0 Å². The number of nitrogens with zero attached hydrogens (tertiary/aromatic N) is 1. The normalized spacial score (nSPS) is 18.4. The topological polar surface area (TPSA) is 78.9 Å². The third-order valence-electron chi connectivity index (χ3n) is 8.69. The molecule has 1 heterocycles. The fourth-order valence-electron chi connectivity index (χ4n) is 6.00. The fourth-order valence-corrected chi connectivity index (χ4v) is 8.08. The first kappa shape index (κ1) is 37.3.